The molecule has 122 valence electrons. The molecule has 0 aromatic heterocycles. The van der Waals surface area contributed by atoms with E-state index >= 15 is 0 Å². The van der Waals surface area contributed by atoms with Crippen LogP contribution < -0.4 is 5.32 Å². The van der Waals surface area contributed by atoms with Crippen LogP contribution in [0.5, 0.6) is 0 Å². The first-order valence-electron chi connectivity index (χ1n) is 7.07. The Morgan fingerprint density at radius 1 is 1.04 bits per heavy atom. The number of hydrogen-bond acceptors (Lipinski definition) is 2. The Kier molecular flexibility index (Phi) is 5.39. The molecule has 1 amide bonds. The minimum atomic E-state index is -4.59. The molecule has 0 saturated heterocycles. The molecule has 0 saturated carbocycles. The molecule has 2 aromatic rings. The maximum Gasteiger partial charge on any atom is 0.417 e. The number of carbonyl (C=O) groups excluding carboxylic acids is 1. The van der Waals surface area contributed by atoms with E-state index in [1.54, 1.807) is 24.3 Å². The summed E-state index contributed by atoms with van der Waals surface area (Å²) in [5.74, 6) is -0.807. The van der Waals surface area contributed by atoms with Crippen molar-refractivity contribution in [3.63, 3.8) is 0 Å². The van der Waals surface area contributed by atoms with Crippen LogP contribution in [0.4, 0.5) is 13.2 Å². The Labute approximate surface area is 131 Å². The second-order valence-corrected chi connectivity index (χ2v) is 5.01. The van der Waals surface area contributed by atoms with Gasteiger partial charge in [-0.15, -0.1) is 0 Å². The molecule has 0 bridgehead atoms. The Balaban J connectivity index is 1.96. The van der Waals surface area contributed by atoms with Gasteiger partial charge in [-0.05, 0) is 24.1 Å². The van der Waals surface area contributed by atoms with Crippen LogP contribution in [0.2, 0.25) is 0 Å². The molecule has 1 atom stereocenters. The lowest BCUT2D eigenvalue weighted by Crippen LogP contribution is -2.28. The van der Waals surface area contributed by atoms with Gasteiger partial charge in [0, 0.05) is 6.54 Å². The van der Waals surface area contributed by atoms with E-state index in [1.165, 1.54) is 12.1 Å². The van der Waals surface area contributed by atoms with Gasteiger partial charge in [-0.25, -0.2) is 0 Å². The molecule has 2 rings (SSSR count). The van der Waals surface area contributed by atoms with Crippen molar-refractivity contribution in [2.75, 3.05) is 6.54 Å². The van der Waals surface area contributed by atoms with Crippen LogP contribution in [0, 0.1) is 0 Å². The topological polar surface area (TPSA) is 49.3 Å². The Morgan fingerprint density at radius 2 is 1.65 bits per heavy atom. The van der Waals surface area contributed by atoms with E-state index < -0.39 is 29.3 Å². The van der Waals surface area contributed by atoms with Crippen LogP contribution in [0.15, 0.2) is 54.6 Å². The fourth-order valence-corrected chi connectivity index (χ4v) is 2.19. The standard InChI is InChI=1S/C17H16F3NO2/c18-17(19,20)14-9-5-4-8-13(14)16(23)21-11-10-15(22)12-6-2-1-3-7-12/h1-9,15,22H,10-11H2,(H,21,23). The summed E-state index contributed by atoms with van der Waals surface area (Å²) in [6, 6.07) is 13.5. The SMILES string of the molecule is O=C(NCCC(O)c1ccccc1)c1ccccc1C(F)(F)F. The van der Waals surface area contributed by atoms with Crippen LogP contribution in [-0.4, -0.2) is 17.6 Å². The van der Waals surface area contributed by atoms with Crippen molar-refractivity contribution in [3.8, 4) is 0 Å². The lowest BCUT2D eigenvalue weighted by Gasteiger charge is -2.14. The number of amides is 1. The minimum absolute atomic E-state index is 0.0705. The third kappa shape index (κ3) is 4.56. The summed E-state index contributed by atoms with van der Waals surface area (Å²) in [6.07, 6.45) is -5.16. The Bertz CT molecular complexity index is 656. The van der Waals surface area contributed by atoms with E-state index in [2.05, 4.69) is 5.32 Å². The number of alkyl halides is 3. The number of carbonyl (C=O) groups is 1. The van der Waals surface area contributed by atoms with E-state index in [0.717, 1.165) is 12.1 Å². The van der Waals surface area contributed by atoms with Crippen LogP contribution >= 0.6 is 0 Å². The van der Waals surface area contributed by atoms with Gasteiger partial charge in [0.05, 0.1) is 17.2 Å². The monoisotopic (exact) mass is 323 g/mol. The maximum absolute atomic E-state index is 12.9. The van der Waals surface area contributed by atoms with E-state index in [1.807, 2.05) is 6.07 Å². The molecule has 23 heavy (non-hydrogen) atoms. The fourth-order valence-electron chi connectivity index (χ4n) is 2.19. The zero-order chi connectivity index (χ0) is 16.9. The summed E-state index contributed by atoms with van der Waals surface area (Å²) in [6.45, 7) is 0.0705. The summed E-state index contributed by atoms with van der Waals surface area (Å²) in [4.78, 5) is 11.9. The average Bonchev–Trinajstić information content (AvgIpc) is 2.54. The first-order chi connectivity index (χ1) is 10.9. The van der Waals surface area contributed by atoms with Crippen molar-refractivity contribution in [2.45, 2.75) is 18.7 Å². The molecule has 1 unspecified atom stereocenters. The van der Waals surface area contributed by atoms with E-state index in [4.69, 9.17) is 0 Å². The number of aliphatic hydroxyl groups is 1. The zero-order valence-corrected chi connectivity index (χ0v) is 12.2. The molecule has 2 N–H and O–H groups in total. The van der Waals surface area contributed by atoms with Gasteiger partial charge in [0.1, 0.15) is 0 Å². The van der Waals surface area contributed by atoms with E-state index in [9.17, 15) is 23.1 Å². The fraction of sp³-hybridized carbons (Fsp3) is 0.235. The number of halogens is 3. The van der Waals surface area contributed by atoms with Crippen LogP contribution in [0.25, 0.3) is 0 Å². The van der Waals surface area contributed by atoms with E-state index in [0.29, 0.717) is 5.56 Å². The van der Waals surface area contributed by atoms with Gasteiger partial charge >= 0.3 is 6.18 Å². The lowest BCUT2D eigenvalue weighted by atomic mass is 10.1. The highest BCUT2D eigenvalue weighted by Gasteiger charge is 2.34. The summed E-state index contributed by atoms with van der Waals surface area (Å²) >= 11 is 0. The summed E-state index contributed by atoms with van der Waals surface area (Å²) in [7, 11) is 0. The van der Waals surface area contributed by atoms with Crippen molar-refractivity contribution < 1.29 is 23.1 Å². The van der Waals surface area contributed by atoms with Gasteiger partial charge < -0.3 is 10.4 Å². The van der Waals surface area contributed by atoms with Crippen LogP contribution in [-0.2, 0) is 6.18 Å². The maximum atomic E-state index is 12.9. The second kappa shape index (κ2) is 7.28. The average molecular weight is 323 g/mol. The highest BCUT2D eigenvalue weighted by Crippen LogP contribution is 2.31. The summed E-state index contributed by atoms with van der Waals surface area (Å²) in [5, 5.41) is 12.4. The minimum Gasteiger partial charge on any atom is -0.388 e. The van der Waals surface area contributed by atoms with Crippen molar-refractivity contribution in [3.05, 3.63) is 71.3 Å². The third-order valence-electron chi connectivity index (χ3n) is 3.36. The molecule has 0 heterocycles. The lowest BCUT2D eigenvalue weighted by molar-refractivity contribution is -0.137. The largest absolute Gasteiger partial charge is 0.417 e. The van der Waals surface area contributed by atoms with Crippen molar-refractivity contribution in [1.29, 1.82) is 0 Å². The molecule has 0 aliphatic rings. The molecule has 0 spiro atoms. The second-order valence-electron chi connectivity index (χ2n) is 5.01. The predicted molar refractivity (Wildman–Crippen MR) is 79.8 cm³/mol. The molecule has 6 heteroatoms. The van der Waals surface area contributed by atoms with Gasteiger partial charge in [0.15, 0.2) is 0 Å². The van der Waals surface area contributed by atoms with Gasteiger partial charge in [-0.2, -0.15) is 13.2 Å². The molecular formula is C17H16F3NO2. The number of benzene rings is 2. The van der Waals surface area contributed by atoms with Gasteiger partial charge in [0.25, 0.3) is 5.91 Å². The van der Waals surface area contributed by atoms with E-state index in [-0.39, 0.29) is 13.0 Å². The smallest absolute Gasteiger partial charge is 0.388 e. The molecular weight excluding hydrogens is 307 g/mol. The van der Waals surface area contributed by atoms with Crippen LogP contribution in [0.3, 0.4) is 0 Å². The molecule has 0 radical (unpaired) electrons. The third-order valence-corrected chi connectivity index (χ3v) is 3.36. The number of aliphatic hydroxyl groups excluding tert-OH is 1. The Hall–Kier alpha value is -2.34. The highest BCUT2D eigenvalue weighted by atomic mass is 19.4. The van der Waals surface area contributed by atoms with Crippen molar-refractivity contribution in [1.82, 2.24) is 5.32 Å². The molecule has 2 aromatic carbocycles. The van der Waals surface area contributed by atoms with Crippen molar-refractivity contribution >= 4 is 5.91 Å². The zero-order valence-electron chi connectivity index (χ0n) is 12.2. The Morgan fingerprint density at radius 3 is 2.30 bits per heavy atom. The number of rotatable bonds is 5. The molecule has 0 aliphatic heterocycles. The van der Waals surface area contributed by atoms with Crippen molar-refractivity contribution in [2.24, 2.45) is 0 Å². The number of nitrogens with one attached hydrogen (secondary N) is 1. The predicted octanol–water partition coefficient (Wildman–Crippen LogP) is 3.56. The molecule has 0 fully saturated rings. The normalized spacial score (nSPS) is 12.7. The quantitative estimate of drug-likeness (QED) is 0.884. The summed E-state index contributed by atoms with van der Waals surface area (Å²) < 4.78 is 38.6. The van der Waals surface area contributed by atoms with Crippen LogP contribution in [0.1, 0.15) is 34.0 Å². The molecule has 3 nitrogen and oxygen atoms in total. The van der Waals surface area contributed by atoms with Gasteiger partial charge in [-0.1, -0.05) is 42.5 Å². The highest BCUT2D eigenvalue weighted by molar-refractivity contribution is 5.95. The van der Waals surface area contributed by atoms with Gasteiger partial charge in [-0.3, -0.25) is 4.79 Å². The summed E-state index contributed by atoms with van der Waals surface area (Å²) in [5.41, 5.74) is -0.701. The first-order valence-corrected chi connectivity index (χ1v) is 7.07. The molecule has 0 aliphatic carbocycles. The number of hydrogen-bond donors (Lipinski definition) is 2. The first kappa shape index (κ1) is 17.0. The van der Waals surface area contributed by atoms with Gasteiger partial charge in [0.2, 0.25) is 0 Å².